The maximum Gasteiger partial charge on any atom is 0.264 e. The van der Waals surface area contributed by atoms with Gasteiger partial charge in [-0.05, 0) is 43.9 Å². The van der Waals surface area contributed by atoms with Gasteiger partial charge in [-0.25, -0.2) is 0 Å². The van der Waals surface area contributed by atoms with E-state index in [4.69, 9.17) is 4.18 Å². The third-order valence-corrected chi connectivity index (χ3v) is 4.68. The molecule has 1 unspecified atom stereocenters. The molecule has 0 radical (unpaired) electrons. The first-order chi connectivity index (χ1) is 8.85. The molecule has 0 bridgehead atoms. The van der Waals surface area contributed by atoms with E-state index in [-0.39, 0.29) is 24.3 Å². The second-order valence-electron chi connectivity index (χ2n) is 6.06. The van der Waals surface area contributed by atoms with Gasteiger partial charge in [0.05, 0.1) is 12.9 Å². The fraction of sp³-hybridized carbons (Fsp3) is 0.923. The van der Waals surface area contributed by atoms with Gasteiger partial charge in [-0.15, -0.1) is 0 Å². The van der Waals surface area contributed by atoms with Gasteiger partial charge in [0.1, 0.15) is 0 Å². The molecule has 0 aromatic carbocycles. The highest BCUT2D eigenvalue weighted by Gasteiger charge is 2.44. The lowest BCUT2D eigenvalue weighted by atomic mass is 9.87. The van der Waals surface area contributed by atoms with E-state index in [1.165, 1.54) is 12.8 Å². The van der Waals surface area contributed by atoms with Crippen LogP contribution >= 0.6 is 0 Å². The molecule has 0 saturated heterocycles. The molecule has 2 rings (SSSR count). The van der Waals surface area contributed by atoms with Crippen LogP contribution in [0.1, 0.15) is 39.0 Å². The molecule has 0 spiro atoms. The second kappa shape index (κ2) is 5.79. The van der Waals surface area contributed by atoms with Gasteiger partial charge in [0, 0.05) is 12.0 Å². The van der Waals surface area contributed by atoms with Crippen LogP contribution in [0.5, 0.6) is 0 Å². The minimum Gasteiger partial charge on any atom is -0.353 e. The molecule has 0 aromatic heterocycles. The summed E-state index contributed by atoms with van der Waals surface area (Å²) in [6.07, 6.45) is 6.25. The molecule has 1 amide bonds. The van der Waals surface area contributed by atoms with Gasteiger partial charge in [0.15, 0.2) is 0 Å². The summed E-state index contributed by atoms with van der Waals surface area (Å²) in [5, 5.41) is 3.08. The first-order valence-electron chi connectivity index (χ1n) is 7.00. The number of nitrogens with one attached hydrogen (secondary N) is 1. The molecular weight excluding hydrogens is 266 g/mol. The second-order valence-corrected chi connectivity index (χ2v) is 7.70. The van der Waals surface area contributed by atoms with E-state index < -0.39 is 10.1 Å². The standard InChI is InChI=1S/C13H23NO4S/c1-9-3-5-11(6-4-9)14-13(15)12-7-10(12)8-18-19(2,16)17/h9-12H,3-8H2,1-2H3,(H,14,15)/t9-,10-,11-,12?/m0/s1. The number of hydrogen-bond acceptors (Lipinski definition) is 4. The van der Waals surface area contributed by atoms with E-state index in [1.54, 1.807) is 0 Å². The Bertz CT molecular complexity index is 426. The molecule has 1 N–H and O–H groups in total. The van der Waals surface area contributed by atoms with Crippen molar-refractivity contribution in [2.45, 2.75) is 45.1 Å². The van der Waals surface area contributed by atoms with Crippen molar-refractivity contribution in [1.29, 1.82) is 0 Å². The van der Waals surface area contributed by atoms with Crippen LogP contribution in [-0.2, 0) is 19.1 Å². The Morgan fingerprint density at radius 2 is 1.89 bits per heavy atom. The highest BCUT2D eigenvalue weighted by molar-refractivity contribution is 7.85. The Morgan fingerprint density at radius 3 is 2.47 bits per heavy atom. The maximum absolute atomic E-state index is 12.0. The smallest absolute Gasteiger partial charge is 0.264 e. The van der Waals surface area contributed by atoms with Crippen molar-refractivity contribution < 1.29 is 17.4 Å². The van der Waals surface area contributed by atoms with Crippen molar-refractivity contribution >= 4 is 16.0 Å². The van der Waals surface area contributed by atoms with Crippen molar-refractivity contribution in [3.05, 3.63) is 0 Å². The molecule has 19 heavy (non-hydrogen) atoms. The van der Waals surface area contributed by atoms with Gasteiger partial charge in [-0.3, -0.25) is 8.98 Å². The van der Waals surface area contributed by atoms with Gasteiger partial charge in [0.25, 0.3) is 10.1 Å². The van der Waals surface area contributed by atoms with E-state index in [0.29, 0.717) is 6.04 Å². The Labute approximate surface area is 115 Å². The largest absolute Gasteiger partial charge is 0.353 e. The van der Waals surface area contributed by atoms with Crippen LogP contribution in [-0.4, -0.2) is 33.2 Å². The molecule has 2 fully saturated rings. The average Bonchev–Trinajstić information content (AvgIpc) is 3.08. The van der Waals surface area contributed by atoms with Crippen LogP contribution in [0.3, 0.4) is 0 Å². The van der Waals surface area contributed by atoms with Crippen LogP contribution in [0.2, 0.25) is 0 Å². The number of amides is 1. The average molecular weight is 289 g/mol. The topological polar surface area (TPSA) is 72.5 Å². The number of carbonyl (C=O) groups excluding carboxylic acids is 1. The fourth-order valence-electron chi connectivity index (χ4n) is 2.68. The molecule has 2 aliphatic rings. The van der Waals surface area contributed by atoms with Crippen LogP contribution in [0, 0.1) is 17.8 Å². The summed E-state index contributed by atoms with van der Waals surface area (Å²) in [4.78, 5) is 12.0. The molecule has 6 heteroatoms. The van der Waals surface area contributed by atoms with Crippen molar-refractivity contribution in [2.75, 3.05) is 12.9 Å². The highest BCUT2D eigenvalue weighted by atomic mass is 32.2. The molecule has 2 saturated carbocycles. The molecule has 5 nitrogen and oxygen atoms in total. The van der Waals surface area contributed by atoms with Gasteiger partial charge < -0.3 is 5.32 Å². The third kappa shape index (κ3) is 4.76. The monoisotopic (exact) mass is 289 g/mol. The minimum atomic E-state index is -3.39. The summed E-state index contributed by atoms with van der Waals surface area (Å²) in [6.45, 7) is 2.39. The predicted octanol–water partition coefficient (Wildman–Crippen LogP) is 1.29. The third-order valence-electron chi connectivity index (χ3n) is 4.12. The molecule has 110 valence electrons. The van der Waals surface area contributed by atoms with Crippen LogP contribution < -0.4 is 5.32 Å². The first-order valence-corrected chi connectivity index (χ1v) is 8.81. The van der Waals surface area contributed by atoms with Crippen LogP contribution in [0.4, 0.5) is 0 Å². The highest BCUT2D eigenvalue weighted by Crippen LogP contribution is 2.39. The van der Waals surface area contributed by atoms with E-state index in [9.17, 15) is 13.2 Å². The summed E-state index contributed by atoms with van der Waals surface area (Å²) in [5.41, 5.74) is 0. The lowest BCUT2D eigenvalue weighted by Crippen LogP contribution is -2.38. The SMILES string of the molecule is CS(=O)(=O)OC[C@@H]1CC1C(=O)N[C@H]1CC[C@H](C)CC1. The molecule has 0 aromatic rings. The zero-order valence-electron chi connectivity index (χ0n) is 11.6. The van der Waals surface area contributed by atoms with Gasteiger partial charge in [-0.2, -0.15) is 8.42 Å². The molecular formula is C13H23NO4S. The van der Waals surface area contributed by atoms with E-state index in [1.807, 2.05) is 0 Å². The Morgan fingerprint density at radius 1 is 1.26 bits per heavy atom. The molecule has 2 aliphatic carbocycles. The quantitative estimate of drug-likeness (QED) is 0.774. The summed E-state index contributed by atoms with van der Waals surface area (Å²) in [5.74, 6) is 0.852. The van der Waals surface area contributed by atoms with Crippen molar-refractivity contribution in [3.8, 4) is 0 Å². The molecule has 2 atom stereocenters. The number of hydrogen-bond donors (Lipinski definition) is 1. The maximum atomic E-state index is 12.0. The molecule has 0 aliphatic heterocycles. The Balaban J connectivity index is 1.68. The van der Waals surface area contributed by atoms with Crippen LogP contribution in [0.25, 0.3) is 0 Å². The van der Waals surface area contributed by atoms with Gasteiger partial charge in [0.2, 0.25) is 5.91 Å². The zero-order valence-corrected chi connectivity index (χ0v) is 12.4. The van der Waals surface area contributed by atoms with Crippen LogP contribution in [0.15, 0.2) is 0 Å². The fourth-order valence-corrected chi connectivity index (χ4v) is 3.10. The Hall–Kier alpha value is -0.620. The summed E-state index contributed by atoms with van der Waals surface area (Å²) >= 11 is 0. The lowest BCUT2D eigenvalue weighted by molar-refractivity contribution is -0.123. The Kier molecular flexibility index (Phi) is 4.50. The van der Waals surface area contributed by atoms with Crippen molar-refractivity contribution in [3.63, 3.8) is 0 Å². The van der Waals surface area contributed by atoms with E-state index in [0.717, 1.165) is 31.4 Å². The van der Waals surface area contributed by atoms with E-state index >= 15 is 0 Å². The van der Waals surface area contributed by atoms with Gasteiger partial charge in [-0.1, -0.05) is 6.92 Å². The summed E-state index contributed by atoms with van der Waals surface area (Å²) in [7, 11) is -3.39. The summed E-state index contributed by atoms with van der Waals surface area (Å²) < 4.78 is 26.5. The van der Waals surface area contributed by atoms with E-state index in [2.05, 4.69) is 12.2 Å². The van der Waals surface area contributed by atoms with Gasteiger partial charge >= 0.3 is 0 Å². The molecule has 0 heterocycles. The number of carbonyl (C=O) groups is 1. The predicted molar refractivity (Wildman–Crippen MR) is 72.0 cm³/mol. The van der Waals surface area contributed by atoms with Crippen molar-refractivity contribution in [1.82, 2.24) is 5.32 Å². The zero-order chi connectivity index (χ0) is 14.0. The van der Waals surface area contributed by atoms with Crippen molar-refractivity contribution in [2.24, 2.45) is 17.8 Å². The lowest BCUT2D eigenvalue weighted by Gasteiger charge is -2.27. The number of rotatable bonds is 5. The minimum absolute atomic E-state index is 0.0545. The summed E-state index contributed by atoms with van der Waals surface area (Å²) in [6, 6.07) is 0.306. The first kappa shape index (κ1) is 14.8. The normalized spacial score (nSPS) is 34.8.